The van der Waals surface area contributed by atoms with Gasteiger partial charge in [-0.3, -0.25) is 9.59 Å². The summed E-state index contributed by atoms with van der Waals surface area (Å²) in [5, 5.41) is 8.14. The monoisotopic (exact) mass is 261 g/mol. The standard InChI is InChI=1S/C7H12O4.C6H15N/c1-2-3-4-11-7(10)5-6(8)9;1-4-7(5-2)6-3/h2-5H2,1H3,(H,8,9);4-6H2,1-3H3. The summed E-state index contributed by atoms with van der Waals surface area (Å²) in [7, 11) is 0. The largest absolute Gasteiger partial charge is 0.481 e. The minimum atomic E-state index is -1.15. The molecule has 5 heteroatoms. The average Bonchev–Trinajstić information content (AvgIpc) is 2.31. The molecule has 0 spiro atoms. The van der Waals surface area contributed by atoms with Crippen molar-refractivity contribution in [2.24, 2.45) is 0 Å². The molecule has 18 heavy (non-hydrogen) atoms. The van der Waals surface area contributed by atoms with E-state index in [0.29, 0.717) is 6.61 Å². The Morgan fingerprint density at radius 3 is 1.83 bits per heavy atom. The lowest BCUT2D eigenvalue weighted by atomic mass is 10.3. The summed E-state index contributed by atoms with van der Waals surface area (Å²) in [5.74, 6) is -1.81. The highest BCUT2D eigenvalue weighted by atomic mass is 16.5. The van der Waals surface area contributed by atoms with Gasteiger partial charge in [-0.05, 0) is 26.1 Å². The van der Waals surface area contributed by atoms with Crippen LogP contribution in [0, 0.1) is 0 Å². The summed E-state index contributed by atoms with van der Waals surface area (Å²) in [6, 6.07) is 0. The van der Waals surface area contributed by atoms with Crippen molar-refractivity contribution in [2.75, 3.05) is 26.2 Å². The van der Waals surface area contributed by atoms with Crippen LogP contribution in [0.15, 0.2) is 0 Å². The molecule has 0 aromatic carbocycles. The van der Waals surface area contributed by atoms with E-state index in [9.17, 15) is 9.59 Å². The third-order valence-corrected chi connectivity index (χ3v) is 2.40. The van der Waals surface area contributed by atoms with E-state index in [1.807, 2.05) is 6.92 Å². The molecular weight excluding hydrogens is 234 g/mol. The number of unbranched alkanes of at least 4 members (excludes halogenated alkanes) is 1. The van der Waals surface area contributed by atoms with E-state index < -0.39 is 18.4 Å². The van der Waals surface area contributed by atoms with Gasteiger partial charge in [-0.15, -0.1) is 0 Å². The third-order valence-electron chi connectivity index (χ3n) is 2.40. The average molecular weight is 261 g/mol. The van der Waals surface area contributed by atoms with E-state index in [4.69, 9.17) is 5.11 Å². The fraction of sp³-hybridized carbons (Fsp3) is 0.846. The molecule has 0 aliphatic rings. The van der Waals surface area contributed by atoms with Crippen LogP contribution in [0.1, 0.15) is 47.0 Å². The van der Waals surface area contributed by atoms with Crippen LogP contribution in [0.3, 0.4) is 0 Å². The number of aliphatic carboxylic acids is 1. The number of hydrogen-bond donors (Lipinski definition) is 1. The molecule has 0 radical (unpaired) electrons. The van der Waals surface area contributed by atoms with Gasteiger partial charge in [0.15, 0.2) is 0 Å². The van der Waals surface area contributed by atoms with Gasteiger partial charge in [0.25, 0.3) is 0 Å². The maximum absolute atomic E-state index is 10.5. The van der Waals surface area contributed by atoms with Crippen LogP contribution in [0.4, 0.5) is 0 Å². The summed E-state index contributed by atoms with van der Waals surface area (Å²) in [6.07, 6.45) is 1.18. The van der Waals surface area contributed by atoms with Crippen LogP contribution in [0.25, 0.3) is 0 Å². The third kappa shape index (κ3) is 14.9. The molecule has 0 heterocycles. The summed E-state index contributed by atoms with van der Waals surface area (Å²) in [5.41, 5.74) is 0. The predicted octanol–water partition coefficient (Wildman–Crippen LogP) is 2.15. The quantitative estimate of drug-likeness (QED) is 0.412. The maximum Gasteiger partial charge on any atom is 0.317 e. The fourth-order valence-corrected chi connectivity index (χ4v) is 1.18. The Labute approximate surface area is 110 Å². The van der Waals surface area contributed by atoms with Gasteiger partial charge in [-0.1, -0.05) is 34.1 Å². The Kier molecular flexibility index (Phi) is 14.9. The van der Waals surface area contributed by atoms with Crippen molar-refractivity contribution in [1.29, 1.82) is 0 Å². The molecule has 0 unspecified atom stereocenters. The second-order valence-corrected chi connectivity index (χ2v) is 3.76. The van der Waals surface area contributed by atoms with E-state index in [2.05, 4.69) is 30.4 Å². The van der Waals surface area contributed by atoms with Crippen molar-refractivity contribution in [3.8, 4) is 0 Å². The van der Waals surface area contributed by atoms with E-state index >= 15 is 0 Å². The molecule has 0 aromatic rings. The van der Waals surface area contributed by atoms with Gasteiger partial charge >= 0.3 is 11.9 Å². The van der Waals surface area contributed by atoms with Gasteiger partial charge in [0.1, 0.15) is 6.42 Å². The Morgan fingerprint density at radius 1 is 1.06 bits per heavy atom. The normalized spacial score (nSPS) is 9.61. The van der Waals surface area contributed by atoms with Crippen LogP contribution >= 0.6 is 0 Å². The first-order chi connectivity index (χ1) is 8.51. The zero-order valence-corrected chi connectivity index (χ0v) is 12.1. The highest BCUT2D eigenvalue weighted by Gasteiger charge is 2.07. The fourth-order valence-electron chi connectivity index (χ4n) is 1.18. The van der Waals surface area contributed by atoms with E-state index in [1.165, 1.54) is 19.6 Å². The zero-order chi connectivity index (χ0) is 14.4. The van der Waals surface area contributed by atoms with Gasteiger partial charge in [0, 0.05) is 0 Å². The molecule has 108 valence electrons. The minimum absolute atomic E-state index is 0.322. The molecule has 0 saturated carbocycles. The summed E-state index contributed by atoms with van der Waals surface area (Å²) >= 11 is 0. The maximum atomic E-state index is 10.5. The first-order valence-corrected chi connectivity index (χ1v) is 6.61. The zero-order valence-electron chi connectivity index (χ0n) is 12.1. The smallest absolute Gasteiger partial charge is 0.317 e. The molecule has 0 bridgehead atoms. The lowest BCUT2D eigenvalue weighted by Crippen LogP contribution is -2.21. The molecule has 0 aromatic heterocycles. The number of carboxylic acid groups (broad SMARTS) is 1. The Morgan fingerprint density at radius 2 is 1.56 bits per heavy atom. The molecular formula is C13H27NO4. The molecule has 5 nitrogen and oxygen atoms in total. The van der Waals surface area contributed by atoms with Crippen molar-refractivity contribution < 1.29 is 19.4 Å². The van der Waals surface area contributed by atoms with Crippen LogP contribution in [0.5, 0.6) is 0 Å². The molecule has 0 aliphatic carbocycles. The van der Waals surface area contributed by atoms with Crippen molar-refractivity contribution >= 4 is 11.9 Å². The van der Waals surface area contributed by atoms with Crippen molar-refractivity contribution in [3.05, 3.63) is 0 Å². The molecule has 1 N–H and O–H groups in total. The number of ether oxygens (including phenoxy) is 1. The van der Waals surface area contributed by atoms with Gasteiger partial charge in [-0.2, -0.15) is 0 Å². The van der Waals surface area contributed by atoms with Gasteiger partial charge in [-0.25, -0.2) is 0 Å². The Balaban J connectivity index is 0. The Bertz CT molecular complexity index is 210. The minimum Gasteiger partial charge on any atom is -0.481 e. The summed E-state index contributed by atoms with van der Waals surface area (Å²) in [6.45, 7) is 12.4. The van der Waals surface area contributed by atoms with E-state index in [1.54, 1.807) is 0 Å². The second kappa shape index (κ2) is 14.0. The van der Waals surface area contributed by atoms with Crippen molar-refractivity contribution in [2.45, 2.75) is 47.0 Å². The number of rotatable bonds is 8. The number of carbonyl (C=O) groups is 2. The molecule has 0 fully saturated rings. The van der Waals surface area contributed by atoms with E-state index in [-0.39, 0.29) is 0 Å². The molecule has 0 rings (SSSR count). The number of hydrogen-bond acceptors (Lipinski definition) is 4. The van der Waals surface area contributed by atoms with E-state index in [0.717, 1.165) is 12.8 Å². The van der Waals surface area contributed by atoms with Gasteiger partial charge < -0.3 is 14.7 Å². The molecule has 0 atom stereocenters. The number of carboxylic acids is 1. The molecule has 0 amide bonds. The lowest BCUT2D eigenvalue weighted by Gasteiger charge is -2.13. The predicted molar refractivity (Wildman–Crippen MR) is 71.6 cm³/mol. The van der Waals surface area contributed by atoms with Crippen molar-refractivity contribution in [1.82, 2.24) is 4.90 Å². The number of esters is 1. The second-order valence-electron chi connectivity index (χ2n) is 3.76. The number of carbonyl (C=O) groups excluding carboxylic acids is 1. The topological polar surface area (TPSA) is 66.8 Å². The molecule has 0 saturated heterocycles. The first-order valence-electron chi connectivity index (χ1n) is 6.61. The van der Waals surface area contributed by atoms with Crippen LogP contribution < -0.4 is 0 Å². The van der Waals surface area contributed by atoms with Crippen LogP contribution in [-0.4, -0.2) is 48.2 Å². The summed E-state index contributed by atoms with van der Waals surface area (Å²) in [4.78, 5) is 22.8. The van der Waals surface area contributed by atoms with Crippen molar-refractivity contribution in [3.63, 3.8) is 0 Å². The first kappa shape index (κ1) is 19.2. The SMILES string of the molecule is CCCCOC(=O)CC(=O)O.CCN(CC)CC. The highest BCUT2D eigenvalue weighted by Crippen LogP contribution is 1.91. The van der Waals surface area contributed by atoms with Gasteiger partial charge in [0.05, 0.1) is 6.61 Å². The highest BCUT2D eigenvalue weighted by molar-refractivity contribution is 5.90. The molecule has 0 aliphatic heterocycles. The van der Waals surface area contributed by atoms with Crippen LogP contribution in [0.2, 0.25) is 0 Å². The lowest BCUT2D eigenvalue weighted by molar-refractivity contribution is -0.151. The Hall–Kier alpha value is -1.10. The van der Waals surface area contributed by atoms with Gasteiger partial charge in [0.2, 0.25) is 0 Å². The number of nitrogens with zero attached hydrogens (tertiary/aromatic N) is 1. The summed E-state index contributed by atoms with van der Waals surface area (Å²) < 4.78 is 4.57. The van der Waals surface area contributed by atoms with Crippen LogP contribution in [-0.2, 0) is 14.3 Å².